The molecule has 0 aromatic rings. The van der Waals surface area contributed by atoms with Crippen LogP contribution < -0.4 is 11.1 Å². The van der Waals surface area contributed by atoms with Crippen molar-refractivity contribution >= 4 is 29.9 Å². The van der Waals surface area contributed by atoms with Crippen molar-refractivity contribution < 1.29 is 0 Å². The third kappa shape index (κ3) is 9.00. The summed E-state index contributed by atoms with van der Waals surface area (Å²) in [5, 5.41) is 3.22. The fourth-order valence-corrected chi connectivity index (χ4v) is 2.63. The number of aliphatic imine (C=N–C) groups is 1. The maximum Gasteiger partial charge on any atom is 0.188 e. The molecule has 0 radical (unpaired) electrons. The molecule has 1 aliphatic heterocycles. The van der Waals surface area contributed by atoms with Crippen LogP contribution in [0.4, 0.5) is 0 Å². The quantitative estimate of drug-likeness (QED) is 0.273. The first-order valence-corrected chi connectivity index (χ1v) is 8.02. The van der Waals surface area contributed by atoms with Crippen molar-refractivity contribution in [2.75, 3.05) is 32.7 Å². The Morgan fingerprint density at radius 3 is 2.75 bits per heavy atom. The molecule has 20 heavy (non-hydrogen) atoms. The average Bonchev–Trinajstić information content (AvgIpc) is 2.84. The number of likely N-dealkylation sites (tertiary alicyclic amines) is 1. The van der Waals surface area contributed by atoms with E-state index < -0.39 is 0 Å². The van der Waals surface area contributed by atoms with Gasteiger partial charge in [-0.25, -0.2) is 0 Å². The van der Waals surface area contributed by atoms with Crippen molar-refractivity contribution in [3.8, 4) is 0 Å². The Hall–Kier alpha value is -0.0400. The smallest absolute Gasteiger partial charge is 0.188 e. The number of nitrogens with one attached hydrogen (secondary N) is 1. The summed E-state index contributed by atoms with van der Waals surface area (Å²) in [6, 6.07) is 0. The van der Waals surface area contributed by atoms with Crippen molar-refractivity contribution in [3.63, 3.8) is 0 Å². The van der Waals surface area contributed by atoms with Crippen molar-refractivity contribution in [2.24, 2.45) is 16.6 Å². The van der Waals surface area contributed by atoms with Crippen LogP contribution in [0.1, 0.15) is 52.4 Å². The SMILES string of the molecule is CCCCCCNC(N)=NCC1CCN(CCC)C1.I. The van der Waals surface area contributed by atoms with Gasteiger partial charge in [-0.15, -0.1) is 24.0 Å². The van der Waals surface area contributed by atoms with Gasteiger partial charge in [-0.2, -0.15) is 0 Å². The summed E-state index contributed by atoms with van der Waals surface area (Å²) in [6.45, 7) is 9.97. The van der Waals surface area contributed by atoms with Crippen LogP contribution >= 0.6 is 24.0 Å². The first-order valence-electron chi connectivity index (χ1n) is 8.02. The van der Waals surface area contributed by atoms with Gasteiger partial charge in [0.05, 0.1) is 0 Å². The number of hydrogen-bond acceptors (Lipinski definition) is 2. The summed E-state index contributed by atoms with van der Waals surface area (Å²) in [4.78, 5) is 7.01. The molecule has 1 aliphatic rings. The van der Waals surface area contributed by atoms with Gasteiger partial charge in [0.25, 0.3) is 0 Å². The Balaban J connectivity index is 0.00000361. The number of rotatable bonds is 9. The Bertz CT molecular complexity index is 258. The molecule has 0 saturated carbocycles. The summed E-state index contributed by atoms with van der Waals surface area (Å²) in [5.41, 5.74) is 5.89. The van der Waals surface area contributed by atoms with E-state index in [4.69, 9.17) is 5.73 Å². The van der Waals surface area contributed by atoms with Gasteiger partial charge in [0.2, 0.25) is 0 Å². The molecular weight excluding hydrogens is 363 g/mol. The van der Waals surface area contributed by atoms with Gasteiger partial charge < -0.3 is 16.0 Å². The van der Waals surface area contributed by atoms with E-state index in [1.54, 1.807) is 0 Å². The number of unbranched alkanes of at least 4 members (excludes halogenated alkanes) is 3. The molecule has 0 spiro atoms. The molecule has 1 heterocycles. The highest BCUT2D eigenvalue weighted by Crippen LogP contribution is 2.16. The lowest BCUT2D eigenvalue weighted by atomic mass is 10.1. The van der Waals surface area contributed by atoms with E-state index in [1.165, 1.54) is 58.2 Å². The van der Waals surface area contributed by atoms with Crippen LogP contribution in [-0.2, 0) is 0 Å². The van der Waals surface area contributed by atoms with Crippen LogP contribution in [-0.4, -0.2) is 43.6 Å². The second kappa shape index (κ2) is 12.7. The first kappa shape index (κ1) is 20.0. The molecule has 0 aliphatic carbocycles. The monoisotopic (exact) mass is 396 g/mol. The summed E-state index contributed by atoms with van der Waals surface area (Å²) >= 11 is 0. The Morgan fingerprint density at radius 1 is 1.25 bits per heavy atom. The minimum absolute atomic E-state index is 0. The predicted octanol–water partition coefficient (Wildman–Crippen LogP) is 2.82. The lowest BCUT2D eigenvalue weighted by Gasteiger charge is -2.13. The highest BCUT2D eigenvalue weighted by molar-refractivity contribution is 14.0. The lowest BCUT2D eigenvalue weighted by Crippen LogP contribution is -2.33. The maximum absolute atomic E-state index is 5.89. The van der Waals surface area contributed by atoms with E-state index in [2.05, 4.69) is 29.1 Å². The zero-order valence-electron chi connectivity index (χ0n) is 13.2. The minimum atomic E-state index is 0. The van der Waals surface area contributed by atoms with E-state index in [0.717, 1.165) is 13.1 Å². The lowest BCUT2D eigenvalue weighted by molar-refractivity contribution is 0.326. The van der Waals surface area contributed by atoms with Crippen molar-refractivity contribution in [3.05, 3.63) is 0 Å². The number of nitrogens with zero attached hydrogens (tertiary/aromatic N) is 2. The Kier molecular flexibility index (Phi) is 12.7. The van der Waals surface area contributed by atoms with Crippen LogP contribution in [0.5, 0.6) is 0 Å². The van der Waals surface area contributed by atoms with Gasteiger partial charge in [0.15, 0.2) is 5.96 Å². The predicted molar refractivity (Wildman–Crippen MR) is 98.9 cm³/mol. The zero-order chi connectivity index (χ0) is 13.9. The molecule has 1 unspecified atom stereocenters. The molecule has 5 heteroatoms. The van der Waals surface area contributed by atoms with E-state index in [9.17, 15) is 0 Å². The molecule has 0 amide bonds. The Morgan fingerprint density at radius 2 is 2.05 bits per heavy atom. The summed E-state index contributed by atoms with van der Waals surface area (Å²) in [5.74, 6) is 1.33. The number of guanidine groups is 1. The molecule has 0 aromatic heterocycles. The second-order valence-electron chi connectivity index (χ2n) is 5.67. The van der Waals surface area contributed by atoms with E-state index in [-0.39, 0.29) is 24.0 Å². The van der Waals surface area contributed by atoms with Gasteiger partial charge in [0.1, 0.15) is 0 Å². The maximum atomic E-state index is 5.89. The van der Waals surface area contributed by atoms with Crippen LogP contribution in [0.15, 0.2) is 4.99 Å². The van der Waals surface area contributed by atoms with Crippen LogP contribution in [0.3, 0.4) is 0 Å². The van der Waals surface area contributed by atoms with Crippen molar-refractivity contribution in [2.45, 2.75) is 52.4 Å². The first-order chi connectivity index (χ1) is 9.26. The molecule has 1 atom stereocenters. The second-order valence-corrected chi connectivity index (χ2v) is 5.67. The Labute approximate surface area is 142 Å². The number of nitrogens with two attached hydrogens (primary N) is 1. The van der Waals surface area contributed by atoms with Crippen LogP contribution in [0.25, 0.3) is 0 Å². The van der Waals surface area contributed by atoms with Gasteiger partial charge in [0, 0.05) is 19.6 Å². The molecule has 3 N–H and O–H groups in total. The fraction of sp³-hybridized carbons (Fsp3) is 0.933. The van der Waals surface area contributed by atoms with Crippen molar-refractivity contribution in [1.82, 2.24) is 10.2 Å². The fourth-order valence-electron chi connectivity index (χ4n) is 2.63. The van der Waals surface area contributed by atoms with Gasteiger partial charge in [-0.3, -0.25) is 4.99 Å². The molecule has 1 rings (SSSR count). The van der Waals surface area contributed by atoms with Gasteiger partial charge in [-0.05, 0) is 38.3 Å². The number of halogens is 1. The minimum Gasteiger partial charge on any atom is -0.370 e. The van der Waals surface area contributed by atoms with Crippen molar-refractivity contribution in [1.29, 1.82) is 0 Å². The molecule has 0 aromatic carbocycles. The average molecular weight is 396 g/mol. The zero-order valence-corrected chi connectivity index (χ0v) is 15.6. The molecule has 120 valence electrons. The third-order valence-electron chi connectivity index (χ3n) is 3.77. The molecule has 4 nitrogen and oxygen atoms in total. The largest absolute Gasteiger partial charge is 0.370 e. The molecule has 1 fully saturated rings. The topological polar surface area (TPSA) is 53.6 Å². The standard InChI is InChI=1S/C15H32N4.HI/c1-3-5-6-7-9-17-15(16)18-12-14-8-11-19(13-14)10-4-2;/h14H,3-13H2,1-2H3,(H3,16,17,18);1H. The van der Waals surface area contributed by atoms with E-state index in [1.807, 2.05) is 0 Å². The van der Waals surface area contributed by atoms with Gasteiger partial charge >= 0.3 is 0 Å². The summed E-state index contributed by atoms with van der Waals surface area (Å²) in [7, 11) is 0. The summed E-state index contributed by atoms with van der Waals surface area (Å²) < 4.78 is 0. The molecule has 1 saturated heterocycles. The molecular formula is C15H33IN4. The van der Waals surface area contributed by atoms with Crippen LogP contribution in [0, 0.1) is 5.92 Å². The normalized spacial score (nSPS) is 19.9. The third-order valence-corrected chi connectivity index (χ3v) is 3.77. The van der Waals surface area contributed by atoms with E-state index >= 15 is 0 Å². The summed E-state index contributed by atoms with van der Waals surface area (Å²) in [6.07, 6.45) is 7.58. The van der Waals surface area contributed by atoms with Crippen LogP contribution in [0.2, 0.25) is 0 Å². The van der Waals surface area contributed by atoms with E-state index in [0.29, 0.717) is 11.9 Å². The highest BCUT2D eigenvalue weighted by Gasteiger charge is 2.21. The number of hydrogen-bond donors (Lipinski definition) is 2. The van der Waals surface area contributed by atoms with Gasteiger partial charge in [-0.1, -0.05) is 33.1 Å². The highest BCUT2D eigenvalue weighted by atomic mass is 127. The molecule has 0 bridgehead atoms.